The molecule has 1 atom stereocenters. The number of hydrogen-bond donors (Lipinski definition) is 2. The molecule has 1 aromatic heterocycles. The van der Waals surface area contributed by atoms with Crippen LogP contribution in [0.3, 0.4) is 0 Å². The van der Waals surface area contributed by atoms with Crippen molar-refractivity contribution in [3.63, 3.8) is 0 Å². The molecule has 0 aliphatic carbocycles. The summed E-state index contributed by atoms with van der Waals surface area (Å²) in [5.74, 6) is 0.228. The van der Waals surface area contributed by atoms with Crippen molar-refractivity contribution in [1.82, 2.24) is 19.6 Å². The first-order valence-corrected chi connectivity index (χ1v) is 18.6. The predicted molar refractivity (Wildman–Crippen MR) is 183 cm³/mol. The molecule has 0 radical (unpaired) electrons. The number of ether oxygens (including phenoxy) is 1. The van der Waals surface area contributed by atoms with E-state index < -0.39 is 59.3 Å². The van der Waals surface area contributed by atoms with Crippen LogP contribution in [-0.4, -0.2) is 103 Å². The van der Waals surface area contributed by atoms with Gasteiger partial charge in [-0.2, -0.15) is 26.3 Å². The van der Waals surface area contributed by atoms with Crippen molar-refractivity contribution in [1.29, 1.82) is 0 Å². The molecule has 286 valence electrons. The first-order chi connectivity index (χ1) is 24.6. The molecule has 2 aromatic rings. The van der Waals surface area contributed by atoms with Crippen molar-refractivity contribution in [3.05, 3.63) is 45.1 Å². The van der Waals surface area contributed by atoms with Gasteiger partial charge >= 0.3 is 24.5 Å². The number of hydrogen-bond acceptors (Lipinski definition) is 7. The maximum absolute atomic E-state index is 14.0. The summed E-state index contributed by atoms with van der Waals surface area (Å²) in [6.07, 6.45) is -8.69. The van der Waals surface area contributed by atoms with Crippen LogP contribution in [-0.2, 0) is 34.7 Å². The van der Waals surface area contributed by atoms with Crippen molar-refractivity contribution in [2.24, 2.45) is 11.8 Å². The third-order valence-corrected chi connectivity index (χ3v) is 11.9. The minimum Gasteiger partial charge on any atom is -0.436 e. The Balaban J connectivity index is 1.16. The number of nitrogen functional groups attached to an aromatic ring is 1. The van der Waals surface area contributed by atoms with E-state index in [9.17, 15) is 40.7 Å². The summed E-state index contributed by atoms with van der Waals surface area (Å²) < 4.78 is 88.9. The molecular formula is C35H44F6N6O4S. The van der Waals surface area contributed by atoms with Gasteiger partial charge in [0.05, 0.1) is 22.5 Å². The van der Waals surface area contributed by atoms with Crippen LogP contribution in [0, 0.1) is 11.8 Å². The van der Waals surface area contributed by atoms with Crippen LogP contribution >= 0.6 is 11.3 Å². The normalized spacial score (nSPS) is 21.1. The molecule has 0 spiro atoms. The maximum Gasteiger partial charge on any atom is 0.418 e. The lowest BCUT2D eigenvalue weighted by atomic mass is 9.79. The van der Waals surface area contributed by atoms with E-state index in [1.165, 1.54) is 21.1 Å². The van der Waals surface area contributed by atoms with Crippen molar-refractivity contribution in [3.8, 4) is 0 Å². The van der Waals surface area contributed by atoms with Crippen molar-refractivity contribution < 1.29 is 45.5 Å². The Morgan fingerprint density at radius 1 is 0.865 bits per heavy atom. The van der Waals surface area contributed by atoms with Gasteiger partial charge in [-0.05, 0) is 106 Å². The number of fused-ring (bicyclic) bond motifs is 1. The summed E-state index contributed by atoms with van der Waals surface area (Å²) in [4.78, 5) is 47.4. The number of nitrogens with zero attached hydrogens (tertiary/aromatic N) is 4. The number of alkyl halides is 6. The van der Waals surface area contributed by atoms with Crippen molar-refractivity contribution in [2.75, 3.05) is 63.9 Å². The minimum atomic E-state index is -5.20. The molecule has 4 aliphatic heterocycles. The molecule has 17 heteroatoms. The Hall–Kier alpha value is -3.73. The fourth-order valence-electron chi connectivity index (χ4n) is 8.05. The monoisotopic (exact) mass is 758 g/mol. The number of rotatable bonds is 6. The number of nitrogens with two attached hydrogens (primary N) is 1. The third kappa shape index (κ3) is 8.56. The molecule has 0 unspecified atom stereocenters. The van der Waals surface area contributed by atoms with Gasteiger partial charge in [-0.25, -0.2) is 9.59 Å². The Kier molecular flexibility index (Phi) is 11.2. The van der Waals surface area contributed by atoms with E-state index in [-0.39, 0.29) is 25.2 Å². The highest BCUT2D eigenvalue weighted by Crippen LogP contribution is 2.42. The summed E-state index contributed by atoms with van der Waals surface area (Å²) in [5.41, 5.74) is 1.88. The molecule has 3 fully saturated rings. The predicted octanol–water partition coefficient (Wildman–Crippen LogP) is 6.55. The highest BCUT2D eigenvalue weighted by Gasteiger charge is 2.42. The Morgan fingerprint density at radius 3 is 2.00 bits per heavy atom. The van der Waals surface area contributed by atoms with E-state index in [0.29, 0.717) is 75.7 Å². The maximum atomic E-state index is 14.0. The molecule has 10 nitrogen and oxygen atoms in total. The quantitative estimate of drug-likeness (QED) is 0.256. The number of likely N-dealkylation sites (tertiary alicyclic amines) is 3. The van der Waals surface area contributed by atoms with Crippen LogP contribution in [0.4, 0.5) is 47.3 Å². The molecule has 3 N–H and O–H groups in total. The first kappa shape index (κ1) is 38.0. The van der Waals surface area contributed by atoms with Crippen LogP contribution in [0.2, 0.25) is 0 Å². The summed E-state index contributed by atoms with van der Waals surface area (Å²) >= 11 is 1.51. The van der Waals surface area contributed by atoms with Gasteiger partial charge in [-0.1, -0.05) is 0 Å². The Morgan fingerprint density at radius 2 is 1.42 bits per heavy atom. The van der Waals surface area contributed by atoms with Crippen molar-refractivity contribution in [2.45, 2.75) is 75.9 Å². The topological polar surface area (TPSA) is 111 Å². The van der Waals surface area contributed by atoms with Gasteiger partial charge in [-0.3, -0.25) is 4.79 Å². The second-order valence-electron chi connectivity index (χ2n) is 14.4. The van der Waals surface area contributed by atoms with Crippen LogP contribution in [0.1, 0.15) is 60.8 Å². The number of carbonyl (C=O) groups is 3. The molecule has 3 saturated heterocycles. The van der Waals surface area contributed by atoms with Gasteiger partial charge < -0.3 is 35.4 Å². The molecule has 0 bridgehead atoms. The number of halogens is 6. The largest absolute Gasteiger partial charge is 0.436 e. The van der Waals surface area contributed by atoms with E-state index >= 15 is 0 Å². The summed E-state index contributed by atoms with van der Waals surface area (Å²) in [6, 6.07) is 0.573. The molecule has 1 aromatic carbocycles. The lowest BCUT2D eigenvalue weighted by molar-refractivity contribution is -0.142. The van der Waals surface area contributed by atoms with Crippen LogP contribution < -0.4 is 11.1 Å². The Labute approximate surface area is 302 Å². The second-order valence-corrected chi connectivity index (χ2v) is 15.1. The Bertz CT molecular complexity index is 1580. The van der Waals surface area contributed by atoms with Gasteiger partial charge in [0.25, 0.3) is 5.91 Å². The molecule has 5 heterocycles. The van der Waals surface area contributed by atoms with Crippen LogP contribution in [0.25, 0.3) is 0 Å². The minimum absolute atomic E-state index is 0.170. The summed E-state index contributed by atoms with van der Waals surface area (Å²) in [7, 11) is 2.07. The number of nitrogens with one attached hydrogen (secondary N) is 1. The van der Waals surface area contributed by atoms with Crippen molar-refractivity contribution >= 4 is 40.7 Å². The number of anilines is 2. The van der Waals surface area contributed by atoms with Gasteiger partial charge in [0, 0.05) is 50.6 Å². The lowest BCUT2D eigenvalue weighted by Crippen LogP contribution is -2.52. The number of thiophene rings is 1. The number of urea groups is 1. The zero-order valence-corrected chi connectivity index (χ0v) is 29.7. The van der Waals surface area contributed by atoms with Crippen LogP contribution in [0.5, 0.6) is 0 Å². The number of benzene rings is 1. The zero-order valence-electron chi connectivity index (χ0n) is 28.9. The van der Waals surface area contributed by atoms with E-state index in [1.807, 2.05) is 10.8 Å². The van der Waals surface area contributed by atoms with Gasteiger partial charge in [0.2, 0.25) is 0 Å². The van der Waals surface area contributed by atoms with E-state index in [2.05, 4.69) is 17.3 Å². The highest BCUT2D eigenvalue weighted by molar-refractivity contribution is 7.08. The average molecular weight is 759 g/mol. The molecule has 4 aliphatic rings. The highest BCUT2D eigenvalue weighted by atomic mass is 32.1. The third-order valence-electron chi connectivity index (χ3n) is 11.1. The summed E-state index contributed by atoms with van der Waals surface area (Å²) in [5, 5.41) is 6.80. The fraction of sp³-hybridized carbons (Fsp3) is 0.629. The summed E-state index contributed by atoms with van der Waals surface area (Å²) in [6.45, 7) is 3.50. The average Bonchev–Trinajstić information content (AvgIpc) is 3.47. The molecule has 0 saturated carbocycles. The molecule has 52 heavy (non-hydrogen) atoms. The van der Waals surface area contributed by atoms with E-state index in [1.54, 1.807) is 4.90 Å². The number of piperidine rings is 3. The SMILES string of the molecule is CN1CCC(C2CCN(C(=O)[C@@H](Cc3cc(C(F)(F)F)c(N)c(C(F)(F)F)c3)OC(=O)N3CCC(N4CCc5cscc5NC4=O)CC3)CC2)CC1. The smallest absolute Gasteiger partial charge is 0.418 e. The number of carbonyl (C=O) groups excluding carboxylic acids is 3. The number of amides is 4. The van der Waals surface area contributed by atoms with Gasteiger partial charge in [0.15, 0.2) is 6.10 Å². The molecule has 4 amide bonds. The van der Waals surface area contributed by atoms with Crippen LogP contribution in [0.15, 0.2) is 22.9 Å². The molecular weight excluding hydrogens is 714 g/mol. The van der Waals surface area contributed by atoms with Gasteiger partial charge in [0.1, 0.15) is 0 Å². The van der Waals surface area contributed by atoms with E-state index in [0.717, 1.165) is 37.2 Å². The first-order valence-electron chi connectivity index (χ1n) is 17.7. The lowest BCUT2D eigenvalue weighted by Gasteiger charge is -2.40. The second kappa shape index (κ2) is 15.3. The molecule has 6 rings (SSSR count). The van der Waals surface area contributed by atoms with E-state index in [4.69, 9.17) is 10.5 Å². The van der Waals surface area contributed by atoms with Gasteiger partial charge in [-0.15, -0.1) is 11.3 Å². The zero-order chi connectivity index (χ0) is 37.4. The fourth-order valence-corrected chi connectivity index (χ4v) is 8.87. The standard InChI is InChI=1S/C35H44F6N6O4S/c1-44-9-2-22(3-10-44)23-4-11-45(12-5-23)31(48)29(18-21-16-26(34(36,37)38)30(42)27(17-21)35(39,40)41)51-33(50)46-13-7-25(8-14-46)47-15-6-24-19-52-20-28(24)43-32(47)49/h16-17,19-20,22-23,25,29H,2-15,18,42H2,1H3,(H,43,49)/t29-/m1/s1.